The topological polar surface area (TPSA) is 114 Å². The van der Waals surface area contributed by atoms with Gasteiger partial charge in [0.05, 0.1) is 11.8 Å². The Bertz CT molecular complexity index is 2120. The van der Waals surface area contributed by atoms with Crippen molar-refractivity contribution in [3.63, 3.8) is 0 Å². The lowest BCUT2D eigenvalue weighted by Crippen LogP contribution is -2.54. The van der Waals surface area contributed by atoms with Crippen LogP contribution in [0.25, 0.3) is 21.1 Å². The van der Waals surface area contributed by atoms with Gasteiger partial charge in [0.2, 0.25) is 0 Å². The van der Waals surface area contributed by atoms with Gasteiger partial charge in [0, 0.05) is 99.6 Å². The summed E-state index contributed by atoms with van der Waals surface area (Å²) in [7, 11) is -2.01. The molecule has 0 aliphatic carbocycles. The van der Waals surface area contributed by atoms with Crippen molar-refractivity contribution in [3.05, 3.63) is 51.8 Å². The third-order valence-electron chi connectivity index (χ3n) is 11.3. The summed E-state index contributed by atoms with van der Waals surface area (Å²) in [6, 6.07) is 10.5. The number of halogens is 3. The molecule has 3 aliphatic heterocycles. The van der Waals surface area contributed by atoms with Gasteiger partial charge in [0.25, 0.3) is 10.2 Å². The summed E-state index contributed by atoms with van der Waals surface area (Å²) in [5, 5.41) is 11.9. The smallest absolute Gasteiger partial charge is 0.355 e. The zero-order chi connectivity index (χ0) is 37.0. The molecule has 52 heavy (non-hydrogen) atoms. The molecule has 0 bridgehead atoms. The Morgan fingerprint density at radius 3 is 2.50 bits per heavy atom. The first-order valence-electron chi connectivity index (χ1n) is 18.0. The lowest BCUT2D eigenvalue weighted by atomic mass is 9.86. The molecule has 1 N–H and O–H groups in total. The van der Waals surface area contributed by atoms with Gasteiger partial charge >= 0.3 is 6.18 Å². The lowest BCUT2D eigenvalue weighted by Gasteiger charge is -2.37. The van der Waals surface area contributed by atoms with E-state index in [-0.39, 0.29) is 16.3 Å². The van der Waals surface area contributed by atoms with Gasteiger partial charge in [-0.3, -0.25) is 9.80 Å². The summed E-state index contributed by atoms with van der Waals surface area (Å²) >= 11 is 1.12. The molecule has 3 aliphatic rings. The molecule has 2 atom stereocenters. The third-order valence-corrected chi connectivity index (χ3v) is 13.9. The average molecular weight is 758 g/mol. The van der Waals surface area contributed by atoms with Crippen LogP contribution in [0.15, 0.2) is 24.3 Å². The number of nitrogens with one attached hydrogen (secondary N) is 1. The van der Waals surface area contributed by atoms with Crippen molar-refractivity contribution >= 4 is 48.5 Å². The van der Waals surface area contributed by atoms with Crippen LogP contribution in [0.2, 0.25) is 0 Å². The molecule has 7 rings (SSSR count). The molecule has 3 saturated heterocycles. The van der Waals surface area contributed by atoms with Gasteiger partial charge in [-0.2, -0.15) is 31.2 Å². The van der Waals surface area contributed by atoms with E-state index in [1.807, 2.05) is 13.0 Å². The third kappa shape index (κ3) is 7.28. The van der Waals surface area contributed by atoms with Crippen molar-refractivity contribution in [2.75, 3.05) is 64.3 Å². The zero-order valence-corrected chi connectivity index (χ0v) is 31.8. The first-order valence-corrected chi connectivity index (χ1v) is 20.2. The Balaban J connectivity index is 1.03. The predicted octanol–water partition coefficient (Wildman–Crippen LogP) is 5.07. The number of nitriles is 1. The summed E-state index contributed by atoms with van der Waals surface area (Å²) in [6.45, 7) is 13.3. The van der Waals surface area contributed by atoms with E-state index in [1.165, 1.54) is 22.5 Å². The summed E-state index contributed by atoms with van der Waals surface area (Å²) in [6.07, 6.45) is -2.56. The molecule has 16 heteroatoms. The number of rotatable bonds is 10. The minimum absolute atomic E-state index is 0.0860. The number of hydrogen-bond donors (Lipinski definition) is 1. The van der Waals surface area contributed by atoms with E-state index in [1.54, 1.807) is 6.07 Å². The zero-order valence-electron chi connectivity index (χ0n) is 30.1. The van der Waals surface area contributed by atoms with Crippen molar-refractivity contribution in [3.8, 4) is 6.07 Å². The van der Waals surface area contributed by atoms with E-state index in [0.29, 0.717) is 55.5 Å². The highest BCUT2D eigenvalue weighted by Gasteiger charge is 2.44. The van der Waals surface area contributed by atoms with Crippen molar-refractivity contribution in [1.29, 1.82) is 5.26 Å². The molecule has 0 amide bonds. The molecule has 1 unspecified atom stereocenters. The van der Waals surface area contributed by atoms with Crippen molar-refractivity contribution in [2.45, 2.75) is 71.8 Å². The summed E-state index contributed by atoms with van der Waals surface area (Å²) in [5.41, 5.74) is 4.13. The van der Waals surface area contributed by atoms with Crippen LogP contribution in [-0.4, -0.2) is 109 Å². The normalized spacial score (nSPS) is 21.6. The fraction of sp³-hybridized carbons (Fsp3) is 0.583. The second-order valence-corrected chi connectivity index (χ2v) is 17.7. The number of hydrogen-bond acceptors (Lipinski definition) is 9. The van der Waals surface area contributed by atoms with Gasteiger partial charge in [-0.1, -0.05) is 13.0 Å². The van der Waals surface area contributed by atoms with Gasteiger partial charge < -0.3 is 9.47 Å². The van der Waals surface area contributed by atoms with E-state index >= 15 is 0 Å². The Labute approximate surface area is 307 Å². The quantitative estimate of drug-likeness (QED) is 0.239. The Hall–Kier alpha value is -3.33. The van der Waals surface area contributed by atoms with Gasteiger partial charge in [-0.25, -0.2) is 14.7 Å². The number of thiophene rings is 1. The number of benzene rings is 1. The largest absolute Gasteiger partial charge is 0.393 e. The highest BCUT2D eigenvalue weighted by atomic mass is 32.2. The average Bonchev–Trinajstić information content (AvgIpc) is 3.90. The highest BCUT2D eigenvalue weighted by molar-refractivity contribution is 7.87. The number of piperazine rings is 1. The van der Waals surface area contributed by atoms with Crippen molar-refractivity contribution in [2.24, 2.45) is 5.41 Å². The highest BCUT2D eigenvalue weighted by Crippen LogP contribution is 2.44. The molecule has 11 nitrogen and oxygen atoms in total. The van der Waals surface area contributed by atoms with Crippen LogP contribution in [0.3, 0.4) is 0 Å². The van der Waals surface area contributed by atoms with E-state index in [9.17, 15) is 26.9 Å². The van der Waals surface area contributed by atoms with E-state index in [2.05, 4.69) is 61.0 Å². The van der Waals surface area contributed by atoms with E-state index in [0.717, 1.165) is 79.0 Å². The molecule has 280 valence electrons. The molecule has 3 aromatic heterocycles. The van der Waals surface area contributed by atoms with Crippen molar-refractivity contribution < 1.29 is 21.6 Å². The van der Waals surface area contributed by atoms with Crippen LogP contribution >= 0.6 is 11.3 Å². The predicted molar refractivity (Wildman–Crippen MR) is 198 cm³/mol. The van der Waals surface area contributed by atoms with Crippen LogP contribution < -0.4 is 9.62 Å². The van der Waals surface area contributed by atoms with Crippen molar-refractivity contribution in [1.82, 2.24) is 33.4 Å². The first-order chi connectivity index (χ1) is 24.7. The minimum atomic E-state index is -4.27. The Kier molecular flexibility index (Phi) is 10.1. The number of alkyl halides is 3. The number of nitrogens with zero attached hydrogens (tertiary/aromatic N) is 8. The molecule has 6 heterocycles. The summed E-state index contributed by atoms with van der Waals surface area (Å²) in [5.74, 6) is 1.42. The standard InChI is InChI=1S/C36H46F3N9O2S2/c1-5-32-42-33(30-17-28(18-36(37,38)39)51-34(30)43-32)46-11-9-35(23-46)8-10-44(22-35)21-26-6-7-31-29(25(26)3)16-27(19-40)48(31)20-24(2)45-12-14-47(15-13-45)52(49,50)41-4/h6-7,16-17,24,41H,5,8-15,18,20-23H2,1-4H3/t24-,35?/m0/s1. The second-order valence-electron chi connectivity index (χ2n) is 14.7. The Morgan fingerprint density at radius 2 is 1.81 bits per heavy atom. The Morgan fingerprint density at radius 1 is 1.06 bits per heavy atom. The number of fused-ring (bicyclic) bond motifs is 2. The van der Waals surface area contributed by atoms with Gasteiger partial charge in [0.15, 0.2) is 0 Å². The molecule has 4 aromatic rings. The number of likely N-dealkylation sites (tertiary alicyclic amines) is 1. The van der Waals surface area contributed by atoms with Gasteiger partial charge in [0.1, 0.15) is 28.2 Å². The van der Waals surface area contributed by atoms with E-state index in [4.69, 9.17) is 4.98 Å². The second kappa shape index (κ2) is 14.1. The number of aromatic nitrogens is 3. The molecular weight excluding hydrogens is 712 g/mol. The van der Waals surface area contributed by atoms with Gasteiger partial charge in [-0.05, 0) is 62.6 Å². The van der Waals surface area contributed by atoms with Gasteiger partial charge in [-0.15, -0.1) is 11.3 Å². The van der Waals surface area contributed by atoms with Crippen LogP contribution in [0.4, 0.5) is 19.0 Å². The van der Waals surface area contributed by atoms with Crippen LogP contribution in [0, 0.1) is 23.7 Å². The maximum Gasteiger partial charge on any atom is 0.393 e. The molecule has 3 fully saturated rings. The maximum atomic E-state index is 13.2. The lowest BCUT2D eigenvalue weighted by molar-refractivity contribution is -0.126. The van der Waals surface area contributed by atoms with Crippen LogP contribution in [-0.2, 0) is 36.1 Å². The molecular formula is C36H46F3N9O2S2. The minimum Gasteiger partial charge on any atom is -0.355 e. The van der Waals surface area contributed by atoms with Crippen LogP contribution in [0.1, 0.15) is 54.2 Å². The van der Waals surface area contributed by atoms with E-state index < -0.39 is 22.8 Å². The van der Waals surface area contributed by atoms with Crippen LogP contribution in [0.5, 0.6) is 0 Å². The summed E-state index contributed by atoms with van der Waals surface area (Å²) in [4.78, 5) is 17.4. The number of anilines is 1. The molecule has 1 spiro atoms. The molecule has 0 radical (unpaired) electrons. The molecule has 1 aromatic carbocycles. The molecule has 0 saturated carbocycles. The monoisotopic (exact) mass is 757 g/mol. The SMILES string of the molecule is CCc1nc(N2CCC3(CCN(Cc4ccc5c(cc(C#N)n5C[C@H](C)N5CCN(S(=O)(=O)NC)CC5)c4C)C3)C2)c2cc(CC(F)(F)F)sc2n1. The summed E-state index contributed by atoms with van der Waals surface area (Å²) < 4.78 is 70.1. The maximum absolute atomic E-state index is 13.2. The fourth-order valence-electron chi connectivity index (χ4n) is 8.41. The number of aryl methyl sites for hydroxylation is 2. The first kappa shape index (κ1) is 37.0. The fourth-order valence-corrected chi connectivity index (χ4v) is 10.4.